The number of carbonyl (C=O) groups is 3. The van der Waals surface area contributed by atoms with Crippen LogP contribution in [0.3, 0.4) is 0 Å². The molecule has 3 heterocycles. The van der Waals surface area contributed by atoms with Gasteiger partial charge in [-0.05, 0) is 53.6 Å². The number of hydrogen-bond acceptors (Lipinski definition) is 6. The molecule has 1 N–H and O–H groups in total. The molecule has 250 valence electrons. The molecule has 1 aliphatic heterocycles. The number of carboxylic acid groups (broad SMARTS) is 1. The van der Waals surface area contributed by atoms with Crippen molar-refractivity contribution in [3.05, 3.63) is 118 Å². The molecule has 1 atom stereocenters. The highest BCUT2D eigenvalue weighted by Gasteiger charge is 2.39. The number of aryl methyl sites for hydroxylation is 1. The topological polar surface area (TPSA) is 100 Å². The predicted octanol–water partition coefficient (Wildman–Crippen LogP) is 8.26. The van der Waals surface area contributed by atoms with Gasteiger partial charge in [0.25, 0.3) is 0 Å². The quantitative estimate of drug-likeness (QED) is 0.150. The first-order valence-corrected chi connectivity index (χ1v) is 17.1. The zero-order chi connectivity index (χ0) is 34.9. The highest BCUT2D eigenvalue weighted by atomic mass is 32.1. The molecule has 1 aliphatic rings. The molecule has 0 radical (unpaired) electrons. The fraction of sp³-hybridized carbons (Fsp3) is 0.275. The summed E-state index contributed by atoms with van der Waals surface area (Å²) in [4.78, 5) is 50.5. The molecule has 6 rings (SSSR count). The highest BCUT2D eigenvalue weighted by molar-refractivity contribution is 7.14. The molecule has 0 unspecified atom stereocenters. The van der Waals surface area contributed by atoms with Crippen LogP contribution in [0.5, 0.6) is 0 Å². The number of amides is 1. The van der Waals surface area contributed by atoms with E-state index in [4.69, 9.17) is 0 Å². The van der Waals surface area contributed by atoms with Crippen LogP contribution in [0.2, 0.25) is 0 Å². The summed E-state index contributed by atoms with van der Waals surface area (Å²) in [6.07, 6.45) is 3.57. The lowest BCUT2D eigenvalue weighted by molar-refractivity contribution is -0.154. The molecule has 0 saturated carbocycles. The van der Waals surface area contributed by atoms with Gasteiger partial charge in [0, 0.05) is 59.4 Å². The minimum atomic E-state index is -0.919. The van der Waals surface area contributed by atoms with Crippen molar-refractivity contribution in [2.75, 3.05) is 13.1 Å². The van der Waals surface area contributed by atoms with Crippen LogP contribution in [-0.4, -0.2) is 50.7 Å². The van der Waals surface area contributed by atoms with Crippen molar-refractivity contribution in [1.29, 1.82) is 0 Å². The Bertz CT molecular complexity index is 1990. The summed E-state index contributed by atoms with van der Waals surface area (Å²) in [5.74, 6) is -2.31. The van der Waals surface area contributed by atoms with Crippen LogP contribution < -0.4 is 0 Å². The van der Waals surface area contributed by atoms with Gasteiger partial charge in [0.05, 0.1) is 10.8 Å². The van der Waals surface area contributed by atoms with Gasteiger partial charge in [0.15, 0.2) is 11.6 Å². The maximum absolute atomic E-state index is 15.2. The molecule has 0 aliphatic carbocycles. The lowest BCUT2D eigenvalue weighted by Crippen LogP contribution is -2.55. The molecule has 0 bridgehead atoms. The number of carbonyl (C=O) groups excluding carboxylic acids is 2. The minimum Gasteiger partial charge on any atom is -0.481 e. The number of rotatable bonds is 10. The Morgan fingerprint density at radius 2 is 1.51 bits per heavy atom. The Hall–Kier alpha value is -5.02. The number of aliphatic carboxylic acids is 1. The number of nitrogens with zero attached hydrogens (tertiary/aromatic N) is 3. The number of halogens is 1. The summed E-state index contributed by atoms with van der Waals surface area (Å²) >= 11 is 1.45. The highest BCUT2D eigenvalue weighted by Crippen LogP contribution is 2.32. The first-order chi connectivity index (χ1) is 23.4. The Balaban J connectivity index is 1.16. The lowest BCUT2D eigenvalue weighted by atomic mass is 9.89. The van der Waals surface area contributed by atoms with Crippen LogP contribution in [0.1, 0.15) is 52.9 Å². The Kier molecular flexibility index (Phi) is 9.56. The second-order valence-electron chi connectivity index (χ2n) is 13.8. The molecule has 1 fully saturated rings. The van der Waals surface area contributed by atoms with E-state index in [1.54, 1.807) is 18.5 Å². The first-order valence-electron chi connectivity index (χ1n) is 16.3. The van der Waals surface area contributed by atoms with E-state index in [0.29, 0.717) is 28.2 Å². The second-order valence-corrected chi connectivity index (χ2v) is 14.9. The third-order valence-electron chi connectivity index (χ3n) is 8.95. The van der Waals surface area contributed by atoms with Gasteiger partial charge in [-0.2, -0.15) is 0 Å². The van der Waals surface area contributed by atoms with Gasteiger partial charge in [-0.1, -0.05) is 87.0 Å². The van der Waals surface area contributed by atoms with Gasteiger partial charge in [-0.3, -0.25) is 14.4 Å². The fourth-order valence-corrected chi connectivity index (χ4v) is 6.91. The van der Waals surface area contributed by atoms with E-state index in [2.05, 4.69) is 30.7 Å². The monoisotopic (exact) mass is 675 g/mol. The predicted molar refractivity (Wildman–Crippen MR) is 190 cm³/mol. The van der Waals surface area contributed by atoms with Gasteiger partial charge in [0.2, 0.25) is 5.91 Å². The van der Waals surface area contributed by atoms with E-state index in [1.165, 1.54) is 22.3 Å². The Morgan fingerprint density at radius 3 is 2.10 bits per heavy atom. The number of thiophene rings is 1. The molecule has 2 aromatic heterocycles. The van der Waals surface area contributed by atoms with Crippen LogP contribution in [0.25, 0.3) is 33.6 Å². The van der Waals surface area contributed by atoms with E-state index in [9.17, 15) is 19.5 Å². The van der Waals surface area contributed by atoms with Crippen molar-refractivity contribution < 1.29 is 23.9 Å². The van der Waals surface area contributed by atoms with Gasteiger partial charge in [0.1, 0.15) is 5.82 Å². The largest absolute Gasteiger partial charge is 0.481 e. The summed E-state index contributed by atoms with van der Waals surface area (Å²) in [7, 11) is 0. The third kappa shape index (κ3) is 7.67. The minimum absolute atomic E-state index is 0.0338. The van der Waals surface area contributed by atoms with Crippen LogP contribution >= 0.6 is 11.3 Å². The normalized spacial score (nSPS) is 13.9. The molecule has 1 amide bonds. The summed E-state index contributed by atoms with van der Waals surface area (Å²) in [6, 6.07) is 24.4. The van der Waals surface area contributed by atoms with Gasteiger partial charge < -0.3 is 10.0 Å². The number of aromatic nitrogens is 2. The van der Waals surface area contributed by atoms with Crippen LogP contribution in [0.15, 0.2) is 91.3 Å². The zero-order valence-corrected chi connectivity index (χ0v) is 28.8. The number of hydrogen-bond donors (Lipinski definition) is 1. The number of benzene rings is 3. The maximum atomic E-state index is 15.2. The summed E-state index contributed by atoms with van der Waals surface area (Å²) in [6.45, 7) is 8.60. The Labute approximate surface area is 289 Å². The Morgan fingerprint density at radius 1 is 0.878 bits per heavy atom. The number of likely N-dealkylation sites (tertiary alicyclic amines) is 1. The number of Topliss-reactive ketones (excluding diaryl/α,β-unsaturated/α-hetero) is 1. The summed E-state index contributed by atoms with van der Waals surface area (Å²) in [5, 5.41) is 9.31. The van der Waals surface area contributed by atoms with Crippen LogP contribution in [0, 0.1) is 24.6 Å². The van der Waals surface area contributed by atoms with Crippen molar-refractivity contribution in [2.24, 2.45) is 11.8 Å². The fourth-order valence-electron chi connectivity index (χ4n) is 5.90. The van der Waals surface area contributed by atoms with Gasteiger partial charge >= 0.3 is 5.97 Å². The average molecular weight is 676 g/mol. The lowest BCUT2D eigenvalue weighted by Gasteiger charge is -2.38. The first kappa shape index (κ1) is 33.9. The van der Waals surface area contributed by atoms with Crippen molar-refractivity contribution in [1.82, 2.24) is 14.9 Å². The summed E-state index contributed by atoms with van der Waals surface area (Å²) in [5.41, 5.74) is 5.39. The van der Waals surface area contributed by atoms with Crippen LogP contribution in [-0.2, 0) is 21.4 Å². The number of carboxylic acids is 1. The molecule has 1 saturated heterocycles. The third-order valence-corrected chi connectivity index (χ3v) is 10.5. The standard InChI is InChI=1S/C40H38FN3O4S/c1-24-5-9-26(10-6-24)28-13-14-32(33(41)18-28)30-20-42-37(43-21-30)27-11-7-25(8-12-27)17-29(38(46)44-22-31(23-44)39(47)48)19-34(45)35-15-16-36(49-35)40(2,3)4/h5-16,18,20-21,29,31H,17,19,22-23H2,1-4H3,(H,47,48)/t29-/m1/s1. The van der Waals surface area contributed by atoms with Crippen molar-refractivity contribution >= 4 is 29.0 Å². The van der Waals surface area contributed by atoms with Crippen LogP contribution in [0.4, 0.5) is 4.39 Å². The second kappa shape index (κ2) is 13.8. The molecular formula is C40H38FN3O4S. The van der Waals surface area contributed by atoms with E-state index in [-0.39, 0.29) is 42.4 Å². The van der Waals surface area contributed by atoms with Gasteiger partial charge in [-0.15, -0.1) is 11.3 Å². The van der Waals surface area contributed by atoms with Crippen molar-refractivity contribution in [2.45, 2.75) is 46.0 Å². The molecule has 5 aromatic rings. The van der Waals surface area contributed by atoms with E-state index < -0.39 is 17.8 Å². The SMILES string of the molecule is Cc1ccc(-c2ccc(-c3cnc(-c4ccc(C[C@H](CC(=O)c5ccc(C(C)(C)C)s5)C(=O)N5CC(C(=O)O)C5)cc4)nc3)c(F)c2)cc1. The zero-order valence-electron chi connectivity index (χ0n) is 27.9. The smallest absolute Gasteiger partial charge is 0.310 e. The maximum Gasteiger partial charge on any atom is 0.310 e. The van der Waals surface area contributed by atoms with E-state index in [1.807, 2.05) is 73.7 Å². The van der Waals surface area contributed by atoms with Gasteiger partial charge in [-0.25, -0.2) is 14.4 Å². The molecule has 7 nitrogen and oxygen atoms in total. The molecule has 3 aromatic carbocycles. The molecular weight excluding hydrogens is 638 g/mol. The van der Waals surface area contributed by atoms with E-state index in [0.717, 1.165) is 32.7 Å². The van der Waals surface area contributed by atoms with Crippen molar-refractivity contribution in [3.8, 4) is 33.6 Å². The van der Waals surface area contributed by atoms with E-state index >= 15 is 4.39 Å². The molecule has 49 heavy (non-hydrogen) atoms. The van der Waals surface area contributed by atoms with Crippen molar-refractivity contribution in [3.63, 3.8) is 0 Å². The average Bonchev–Trinajstić information content (AvgIpc) is 3.56. The summed E-state index contributed by atoms with van der Waals surface area (Å²) < 4.78 is 15.2. The molecule has 0 spiro atoms. The molecule has 9 heteroatoms. The number of ketones is 1.